The van der Waals surface area contributed by atoms with Crippen molar-refractivity contribution in [3.8, 4) is 40.2 Å². The normalized spacial score (nSPS) is 22.7. The summed E-state index contributed by atoms with van der Waals surface area (Å²) in [6, 6.07) is 9.56. The molecule has 2 aliphatic rings. The Hall–Kier alpha value is -4.15. The molecule has 4 atom stereocenters. The van der Waals surface area contributed by atoms with Gasteiger partial charge < -0.3 is 44.8 Å². The number of rotatable bonds is 4. The lowest BCUT2D eigenvalue weighted by Crippen LogP contribution is -2.36. The van der Waals surface area contributed by atoms with Crippen LogP contribution in [0.4, 0.5) is 0 Å². The predicted molar refractivity (Wildman–Crippen MR) is 119 cm³/mol. The summed E-state index contributed by atoms with van der Waals surface area (Å²) < 4.78 is 16.9. The molecule has 0 amide bonds. The molecule has 0 fully saturated rings. The molecule has 3 aromatic rings. The van der Waals surface area contributed by atoms with Gasteiger partial charge in [0, 0.05) is 17.7 Å². The largest absolute Gasteiger partial charge is 0.508 e. The van der Waals surface area contributed by atoms with Crippen LogP contribution in [0.2, 0.25) is 0 Å². The van der Waals surface area contributed by atoms with E-state index < -0.39 is 35.8 Å². The quantitative estimate of drug-likeness (QED) is 0.325. The first-order valence-corrected chi connectivity index (χ1v) is 10.7. The number of hydrogen-bond donors (Lipinski definition) is 6. The van der Waals surface area contributed by atoms with E-state index in [1.165, 1.54) is 19.2 Å². The predicted octanol–water partition coefficient (Wildman–Crippen LogP) is 2.40. The molecule has 35 heavy (non-hydrogen) atoms. The van der Waals surface area contributed by atoms with E-state index in [4.69, 9.17) is 14.2 Å². The van der Waals surface area contributed by atoms with Crippen LogP contribution in [-0.4, -0.2) is 56.2 Å². The molecule has 0 aliphatic carbocycles. The minimum Gasteiger partial charge on any atom is -0.508 e. The Kier molecular flexibility index (Phi) is 5.34. The first-order chi connectivity index (χ1) is 16.7. The molecule has 0 unspecified atom stereocenters. The summed E-state index contributed by atoms with van der Waals surface area (Å²) in [5, 5.41) is 61.3. The molecule has 0 spiro atoms. The van der Waals surface area contributed by atoms with Gasteiger partial charge in [-0.25, -0.2) is 0 Å². The lowest BCUT2D eigenvalue weighted by atomic mass is 9.87. The van der Waals surface area contributed by atoms with E-state index in [2.05, 4.69) is 0 Å². The molecule has 2 aliphatic heterocycles. The van der Waals surface area contributed by atoms with Gasteiger partial charge >= 0.3 is 0 Å². The number of fused-ring (bicyclic) bond motifs is 2. The first-order valence-electron chi connectivity index (χ1n) is 10.7. The van der Waals surface area contributed by atoms with Gasteiger partial charge in [-0.3, -0.25) is 4.79 Å². The van der Waals surface area contributed by atoms with E-state index in [-0.39, 0.29) is 52.2 Å². The Morgan fingerprint density at radius 3 is 2.37 bits per heavy atom. The Morgan fingerprint density at radius 2 is 1.66 bits per heavy atom. The number of ether oxygens (including phenoxy) is 3. The molecule has 0 radical (unpaired) electrons. The summed E-state index contributed by atoms with van der Waals surface area (Å²) in [5.41, 5.74) is 0.976. The Labute approximate surface area is 198 Å². The Balaban J connectivity index is 1.54. The number of phenols is 4. The van der Waals surface area contributed by atoms with E-state index in [0.29, 0.717) is 11.1 Å². The van der Waals surface area contributed by atoms with Crippen molar-refractivity contribution in [3.05, 3.63) is 64.7 Å². The van der Waals surface area contributed by atoms with Crippen LogP contribution in [0.15, 0.2) is 42.5 Å². The second-order valence-electron chi connectivity index (χ2n) is 8.40. The van der Waals surface area contributed by atoms with E-state index in [0.717, 1.165) is 12.1 Å². The van der Waals surface area contributed by atoms with Crippen molar-refractivity contribution in [2.24, 2.45) is 0 Å². The highest BCUT2D eigenvalue weighted by molar-refractivity contribution is 6.05. The van der Waals surface area contributed by atoms with Gasteiger partial charge in [-0.2, -0.15) is 0 Å². The number of methoxy groups -OCH3 is 1. The van der Waals surface area contributed by atoms with Crippen molar-refractivity contribution in [1.82, 2.24) is 0 Å². The highest BCUT2D eigenvalue weighted by atomic mass is 16.5. The molecular formula is C25H22O10. The molecular weight excluding hydrogens is 460 g/mol. The molecule has 182 valence electrons. The Morgan fingerprint density at radius 1 is 0.886 bits per heavy atom. The molecule has 2 heterocycles. The van der Waals surface area contributed by atoms with Crippen LogP contribution in [-0.2, 0) is 0 Å². The summed E-state index contributed by atoms with van der Waals surface area (Å²) in [6.07, 6.45) is -3.69. The molecule has 0 saturated carbocycles. The van der Waals surface area contributed by atoms with Gasteiger partial charge in [-0.05, 0) is 35.4 Å². The second-order valence-corrected chi connectivity index (χ2v) is 8.40. The summed E-state index contributed by atoms with van der Waals surface area (Å²) in [7, 11) is 1.40. The van der Waals surface area contributed by atoms with Crippen LogP contribution in [0.3, 0.4) is 0 Å². The molecule has 10 heteroatoms. The summed E-state index contributed by atoms with van der Waals surface area (Å²) in [6.45, 7) is -0.360. The van der Waals surface area contributed by atoms with E-state index in [1.54, 1.807) is 18.2 Å². The van der Waals surface area contributed by atoms with Gasteiger partial charge in [0.25, 0.3) is 0 Å². The number of benzene rings is 3. The second kappa shape index (κ2) is 8.26. The van der Waals surface area contributed by atoms with Gasteiger partial charge in [-0.15, -0.1) is 0 Å². The molecule has 0 saturated heterocycles. The van der Waals surface area contributed by atoms with Crippen LogP contribution in [0.25, 0.3) is 0 Å². The number of phenolic OH excluding ortho intramolecular Hbond substituents is 4. The highest BCUT2D eigenvalue weighted by Gasteiger charge is 2.42. The lowest BCUT2D eigenvalue weighted by molar-refractivity contribution is 0.0209. The third-order valence-corrected chi connectivity index (χ3v) is 6.31. The summed E-state index contributed by atoms with van der Waals surface area (Å²) >= 11 is 0. The number of carbonyl (C=O) groups is 1. The maximum atomic E-state index is 12.8. The number of aromatic hydroxyl groups is 4. The van der Waals surface area contributed by atoms with Crippen molar-refractivity contribution in [2.45, 2.75) is 24.2 Å². The van der Waals surface area contributed by atoms with Crippen LogP contribution in [0.5, 0.6) is 40.2 Å². The van der Waals surface area contributed by atoms with Crippen molar-refractivity contribution in [2.75, 3.05) is 13.7 Å². The zero-order valence-electron chi connectivity index (χ0n) is 18.4. The fraction of sp³-hybridized carbons (Fsp3) is 0.240. The smallest absolute Gasteiger partial charge is 0.202 e. The fourth-order valence-electron chi connectivity index (χ4n) is 4.63. The lowest BCUT2D eigenvalue weighted by Gasteiger charge is -2.30. The first kappa shape index (κ1) is 22.6. The number of Topliss-reactive ketones (excluding diaryl/α,β-unsaturated/α-hetero) is 1. The monoisotopic (exact) mass is 482 g/mol. The fourth-order valence-corrected chi connectivity index (χ4v) is 4.63. The molecule has 0 bridgehead atoms. The average Bonchev–Trinajstić information content (AvgIpc) is 3.20. The van der Waals surface area contributed by atoms with Crippen LogP contribution in [0, 0.1) is 0 Å². The van der Waals surface area contributed by atoms with Crippen LogP contribution >= 0.6 is 0 Å². The SMILES string of the molecule is COc1cc([C@@H]2Oc3c(O)cc([C@@H]4Oc5cc(O)cc(O)c5C(=O)[C@@H]4O)cc3[C@H]2CO)ccc1O. The zero-order valence-corrected chi connectivity index (χ0v) is 18.4. The molecule has 6 N–H and O–H groups in total. The van der Waals surface area contributed by atoms with Crippen LogP contribution in [0.1, 0.15) is 45.2 Å². The van der Waals surface area contributed by atoms with E-state index >= 15 is 0 Å². The van der Waals surface area contributed by atoms with Gasteiger partial charge in [0.2, 0.25) is 5.78 Å². The summed E-state index contributed by atoms with van der Waals surface area (Å²) in [4.78, 5) is 12.8. The topological polar surface area (TPSA) is 166 Å². The Bertz CT molecular complexity index is 1330. The van der Waals surface area contributed by atoms with E-state index in [9.17, 15) is 35.4 Å². The third-order valence-electron chi connectivity index (χ3n) is 6.31. The zero-order chi connectivity index (χ0) is 25.0. The maximum absolute atomic E-state index is 12.8. The van der Waals surface area contributed by atoms with Gasteiger partial charge in [0.15, 0.2) is 35.2 Å². The van der Waals surface area contributed by atoms with E-state index in [1.807, 2.05) is 0 Å². The van der Waals surface area contributed by atoms with Crippen molar-refractivity contribution in [3.63, 3.8) is 0 Å². The third kappa shape index (κ3) is 3.54. The number of hydrogen-bond acceptors (Lipinski definition) is 10. The summed E-state index contributed by atoms with van der Waals surface area (Å²) in [5.74, 6) is -2.45. The van der Waals surface area contributed by atoms with Crippen molar-refractivity contribution in [1.29, 1.82) is 0 Å². The minimum absolute atomic E-state index is 0.0668. The van der Waals surface area contributed by atoms with Crippen LogP contribution < -0.4 is 14.2 Å². The highest BCUT2D eigenvalue weighted by Crippen LogP contribution is 2.52. The van der Waals surface area contributed by atoms with Crippen molar-refractivity contribution < 1.29 is 49.6 Å². The average molecular weight is 482 g/mol. The maximum Gasteiger partial charge on any atom is 0.202 e. The van der Waals surface area contributed by atoms with Gasteiger partial charge in [0.1, 0.15) is 28.9 Å². The number of carbonyl (C=O) groups excluding carboxylic acids is 1. The van der Waals surface area contributed by atoms with Gasteiger partial charge in [-0.1, -0.05) is 6.07 Å². The molecule has 3 aromatic carbocycles. The number of aliphatic hydroxyl groups is 2. The minimum atomic E-state index is -1.71. The molecule has 5 rings (SSSR count). The van der Waals surface area contributed by atoms with Crippen molar-refractivity contribution >= 4 is 5.78 Å². The molecule has 0 aromatic heterocycles. The number of aliphatic hydroxyl groups excluding tert-OH is 2. The number of ketones is 1. The van der Waals surface area contributed by atoms with Gasteiger partial charge in [0.05, 0.1) is 19.6 Å². The standard InChI is InChI=1S/C25H22O10/c1-33-18-6-10(2-3-15(18)28)23-14(9-26)13-4-11(5-17(30)25(13)35-23)24-22(32)21(31)20-16(29)7-12(27)8-19(20)34-24/h2-8,14,22-24,26-30,32H,9H2,1H3/t14-,22+,23+,24+/m1/s1. The molecule has 10 nitrogen and oxygen atoms in total.